The molecule has 0 fully saturated rings. The second-order valence-corrected chi connectivity index (χ2v) is 16.3. The largest absolute Gasteiger partial charge is 0.455 e. The molecule has 50 heavy (non-hydrogen) atoms. The first-order chi connectivity index (χ1) is 24.0. The Balaban J connectivity index is 1.36. The van der Waals surface area contributed by atoms with Crippen molar-refractivity contribution in [2.75, 3.05) is 0 Å². The van der Waals surface area contributed by atoms with Gasteiger partial charge in [-0.1, -0.05) is 71.8 Å². The van der Waals surface area contributed by atoms with Crippen LogP contribution in [0.5, 0.6) is 0 Å². The van der Waals surface area contributed by atoms with Crippen LogP contribution in [0.3, 0.4) is 0 Å². The highest BCUT2D eigenvalue weighted by Gasteiger charge is 2.42. The minimum atomic E-state index is -3.74. The van der Waals surface area contributed by atoms with Gasteiger partial charge in [0.15, 0.2) is 0 Å². The highest BCUT2D eigenvalue weighted by atomic mass is 32.2. The lowest BCUT2D eigenvalue weighted by Gasteiger charge is -2.16. The van der Waals surface area contributed by atoms with Gasteiger partial charge in [0.25, 0.3) is 0 Å². The fourth-order valence-corrected chi connectivity index (χ4v) is 11.2. The maximum absolute atomic E-state index is 14.4. The number of benzene rings is 6. The minimum Gasteiger partial charge on any atom is -0.455 e. The van der Waals surface area contributed by atoms with Crippen molar-refractivity contribution in [3.8, 4) is 11.3 Å². The predicted molar refractivity (Wildman–Crippen MR) is 204 cm³/mol. The normalized spacial score (nSPS) is 15.2. The fraction of sp³-hybridized carbons (Fsp3) is 0.130. The van der Waals surface area contributed by atoms with Crippen LogP contribution in [0.25, 0.3) is 54.7 Å². The summed E-state index contributed by atoms with van der Waals surface area (Å²) in [6.45, 7) is 12.9. The molecule has 7 aromatic rings. The summed E-state index contributed by atoms with van der Waals surface area (Å²) in [6, 6.07) is 33.6. The van der Waals surface area contributed by atoms with Crippen LogP contribution >= 0.6 is 0 Å². The zero-order valence-electron chi connectivity index (χ0n) is 28.9. The first-order valence-corrected chi connectivity index (χ1v) is 18.7. The van der Waals surface area contributed by atoms with Gasteiger partial charge in [-0.3, -0.25) is 0 Å². The third-order valence-corrected chi connectivity index (χ3v) is 12.9. The maximum atomic E-state index is 14.4. The van der Waals surface area contributed by atoms with Crippen LogP contribution in [-0.2, 0) is 9.84 Å². The van der Waals surface area contributed by atoms with E-state index in [1.165, 1.54) is 33.4 Å². The van der Waals surface area contributed by atoms with Crippen molar-refractivity contribution < 1.29 is 12.8 Å². The highest BCUT2D eigenvalue weighted by Crippen LogP contribution is 2.53. The van der Waals surface area contributed by atoms with Crippen LogP contribution < -0.4 is 10.4 Å². The van der Waals surface area contributed by atoms with Crippen molar-refractivity contribution in [2.24, 2.45) is 0 Å². The summed E-state index contributed by atoms with van der Waals surface area (Å²) in [7, 11) is -3.74. The Morgan fingerprint density at radius 3 is 1.70 bits per heavy atom. The molecular weight excluding hydrogens is 633 g/mol. The lowest BCUT2D eigenvalue weighted by molar-refractivity contribution is 0.606. The minimum absolute atomic E-state index is 0.391. The predicted octanol–water partition coefficient (Wildman–Crippen LogP) is 9.53. The molecule has 0 unspecified atom stereocenters. The third-order valence-electron chi connectivity index (χ3n) is 11.0. The van der Waals surface area contributed by atoms with E-state index >= 15 is 0 Å². The van der Waals surface area contributed by atoms with Crippen molar-refractivity contribution in [2.45, 2.75) is 46.4 Å². The van der Waals surface area contributed by atoms with E-state index in [4.69, 9.17) is 4.42 Å². The molecule has 2 heterocycles. The molecule has 0 spiro atoms. The summed E-state index contributed by atoms with van der Waals surface area (Å²) in [5, 5.41) is 5.25. The van der Waals surface area contributed by atoms with Crippen LogP contribution in [0.1, 0.15) is 61.2 Å². The number of para-hydroxylation sites is 1. The monoisotopic (exact) mass is 666 g/mol. The molecule has 2 aliphatic carbocycles. The van der Waals surface area contributed by atoms with Gasteiger partial charge < -0.3 is 4.42 Å². The van der Waals surface area contributed by atoms with Crippen LogP contribution in [0.15, 0.2) is 106 Å². The van der Waals surface area contributed by atoms with Crippen molar-refractivity contribution in [3.05, 3.63) is 169 Å². The fourth-order valence-electron chi connectivity index (χ4n) is 9.36. The number of fused-ring (bicyclic) bond motifs is 10. The van der Waals surface area contributed by atoms with Gasteiger partial charge in [-0.25, -0.2) is 8.42 Å². The molecule has 3 aliphatic rings. The summed E-state index contributed by atoms with van der Waals surface area (Å²) >= 11 is 0. The van der Waals surface area contributed by atoms with E-state index in [0.29, 0.717) is 9.80 Å². The molecule has 0 amide bonds. The van der Waals surface area contributed by atoms with E-state index in [9.17, 15) is 8.42 Å². The van der Waals surface area contributed by atoms with E-state index in [-0.39, 0.29) is 0 Å². The van der Waals surface area contributed by atoms with Gasteiger partial charge in [-0.2, -0.15) is 0 Å². The number of aryl methyl sites for hydroxylation is 6. The number of sulfone groups is 1. The van der Waals surface area contributed by atoms with Gasteiger partial charge in [-0.05, 0) is 138 Å². The average Bonchev–Trinajstić information content (AvgIpc) is 3.75. The first-order valence-electron chi connectivity index (χ1n) is 17.2. The highest BCUT2D eigenvalue weighted by molar-refractivity contribution is 8.01. The van der Waals surface area contributed by atoms with Gasteiger partial charge in [0.1, 0.15) is 11.3 Å². The number of furan rings is 1. The Morgan fingerprint density at radius 1 is 0.500 bits per heavy atom. The molecule has 0 N–H and O–H groups in total. The summed E-state index contributed by atoms with van der Waals surface area (Å²) in [6.07, 6.45) is 0. The third kappa shape index (κ3) is 3.72. The molecule has 3 nitrogen and oxygen atoms in total. The van der Waals surface area contributed by atoms with Crippen LogP contribution in [-0.4, -0.2) is 8.42 Å². The Kier molecular flexibility index (Phi) is 5.79. The molecular formula is C46H34O3S. The average molecular weight is 667 g/mol. The van der Waals surface area contributed by atoms with Crippen LogP contribution in [0.2, 0.25) is 0 Å². The van der Waals surface area contributed by atoms with Gasteiger partial charge in [0.2, 0.25) is 9.84 Å². The van der Waals surface area contributed by atoms with Gasteiger partial charge >= 0.3 is 0 Å². The molecule has 0 saturated carbocycles. The second kappa shape index (κ2) is 9.83. The molecule has 0 saturated heterocycles. The topological polar surface area (TPSA) is 47.3 Å². The molecule has 0 radical (unpaired) electrons. The lowest BCUT2D eigenvalue weighted by Crippen LogP contribution is -2.14. The van der Waals surface area contributed by atoms with E-state index in [1.54, 1.807) is 6.07 Å². The van der Waals surface area contributed by atoms with Crippen molar-refractivity contribution in [3.63, 3.8) is 0 Å². The summed E-state index contributed by atoms with van der Waals surface area (Å²) in [4.78, 5) is 0.819. The van der Waals surface area contributed by atoms with Gasteiger partial charge in [-0.15, -0.1) is 0 Å². The SMILES string of the molecule is Cc1cc(C)c(C2=c3cc4cc5c(cc4cc3C3=C2c2ccccc2S3(=O)=O)=C(c2c(C)cc(C)cc2C)c2c-5oc3ccccc23)c(C)c1. The molecule has 0 atom stereocenters. The molecule has 4 heteroatoms. The summed E-state index contributed by atoms with van der Waals surface area (Å²) in [5.41, 5.74) is 17.1. The van der Waals surface area contributed by atoms with E-state index in [2.05, 4.69) is 102 Å². The van der Waals surface area contributed by atoms with Crippen molar-refractivity contribution >= 4 is 53.2 Å². The smallest absolute Gasteiger partial charge is 0.208 e. The number of allylic oxidation sites excluding steroid dienone is 1. The van der Waals surface area contributed by atoms with E-state index < -0.39 is 9.84 Å². The molecule has 1 aliphatic heterocycles. The maximum Gasteiger partial charge on any atom is 0.208 e. The summed E-state index contributed by atoms with van der Waals surface area (Å²) in [5.74, 6) is 0.893. The molecule has 1 aromatic heterocycles. The lowest BCUT2D eigenvalue weighted by atomic mass is 9.87. The van der Waals surface area contributed by atoms with Crippen LogP contribution in [0.4, 0.5) is 0 Å². The molecule has 0 bridgehead atoms. The van der Waals surface area contributed by atoms with E-state index in [0.717, 1.165) is 88.0 Å². The first kappa shape index (κ1) is 29.5. The second-order valence-electron chi connectivity index (χ2n) is 14.4. The quantitative estimate of drug-likeness (QED) is 0.185. The Morgan fingerprint density at radius 2 is 1.04 bits per heavy atom. The van der Waals surface area contributed by atoms with Gasteiger partial charge in [0, 0.05) is 38.8 Å². The van der Waals surface area contributed by atoms with Crippen molar-refractivity contribution in [1.82, 2.24) is 0 Å². The molecule has 242 valence electrons. The Hall–Kier alpha value is -5.45. The molecule has 10 rings (SSSR count). The van der Waals surface area contributed by atoms with Crippen molar-refractivity contribution in [1.29, 1.82) is 0 Å². The number of hydrogen-bond acceptors (Lipinski definition) is 3. The Bertz CT molecular complexity index is 2990. The van der Waals surface area contributed by atoms with Gasteiger partial charge in [0.05, 0.1) is 9.80 Å². The summed E-state index contributed by atoms with van der Waals surface area (Å²) < 4.78 is 35.6. The number of hydrogen-bond donors (Lipinski definition) is 0. The zero-order valence-corrected chi connectivity index (χ0v) is 29.7. The Labute approximate surface area is 291 Å². The number of rotatable bonds is 2. The molecule has 6 aromatic carbocycles. The van der Waals surface area contributed by atoms with Crippen LogP contribution in [0, 0.1) is 41.5 Å². The zero-order chi connectivity index (χ0) is 34.4. The standard InChI is InChI=1S/C46H34O3S/c1-23-15-25(3)39(26(4)16-23)41-33-19-30-22-36-34(20-29(30)21-35(33)45-43(41)31-11-7-9-13-37(31)49-45)42(40-27(5)17-24(2)18-28(40)6)44-32-12-8-10-14-38(32)50(47,48)46(36)44/h7-22H,1-6H3. The van der Waals surface area contributed by atoms with E-state index in [1.807, 2.05) is 30.3 Å².